The second kappa shape index (κ2) is 3.07. The summed E-state index contributed by atoms with van der Waals surface area (Å²) in [5.74, 6) is 0.760. The van der Waals surface area contributed by atoms with Crippen LogP contribution in [0.1, 0.15) is 24.4 Å². The molecule has 1 aliphatic heterocycles. The summed E-state index contributed by atoms with van der Waals surface area (Å²) < 4.78 is 0. The van der Waals surface area contributed by atoms with E-state index in [1.54, 1.807) is 0 Å². The van der Waals surface area contributed by atoms with E-state index in [0.29, 0.717) is 5.92 Å². The molecule has 3 heteroatoms. The maximum atomic E-state index is 11.9. The smallest absolute Gasteiger partial charge is 0.248 e. The van der Waals surface area contributed by atoms with Gasteiger partial charge in [-0.3, -0.25) is 4.79 Å². The molecule has 0 aromatic heterocycles. The van der Waals surface area contributed by atoms with E-state index in [-0.39, 0.29) is 5.91 Å². The van der Waals surface area contributed by atoms with Crippen LogP contribution in [0.15, 0.2) is 24.3 Å². The zero-order valence-electron chi connectivity index (χ0n) is 8.52. The highest BCUT2D eigenvalue weighted by Crippen LogP contribution is 2.38. The lowest BCUT2D eigenvalue weighted by Gasteiger charge is -2.16. The highest BCUT2D eigenvalue weighted by Gasteiger charge is 2.37. The topological polar surface area (TPSA) is 46.3 Å². The molecular weight excluding hydrogens is 188 g/mol. The Morgan fingerprint density at radius 3 is 2.80 bits per heavy atom. The van der Waals surface area contributed by atoms with Crippen molar-refractivity contribution in [3.8, 4) is 0 Å². The van der Waals surface area contributed by atoms with Crippen molar-refractivity contribution in [3.63, 3.8) is 0 Å². The van der Waals surface area contributed by atoms with Crippen LogP contribution < -0.4 is 10.6 Å². The number of rotatable bonds is 2. The zero-order chi connectivity index (χ0) is 10.4. The lowest BCUT2D eigenvalue weighted by molar-refractivity contribution is -0.119. The van der Waals surface area contributed by atoms with Gasteiger partial charge in [-0.2, -0.15) is 0 Å². The maximum Gasteiger partial charge on any atom is 0.248 e. The summed E-state index contributed by atoms with van der Waals surface area (Å²) >= 11 is 0. The van der Waals surface area contributed by atoms with Crippen molar-refractivity contribution >= 4 is 11.6 Å². The molecule has 1 aromatic rings. The van der Waals surface area contributed by atoms with Crippen LogP contribution in [0.4, 0.5) is 5.69 Å². The summed E-state index contributed by atoms with van der Waals surface area (Å²) in [5, 5.41) is 0. The van der Waals surface area contributed by atoms with Gasteiger partial charge in [-0.05, 0) is 24.8 Å². The molecule has 78 valence electrons. The normalized spacial score (nSPS) is 24.5. The molecule has 1 aliphatic carbocycles. The first-order valence-electron chi connectivity index (χ1n) is 5.43. The van der Waals surface area contributed by atoms with Crippen molar-refractivity contribution in [2.24, 2.45) is 11.7 Å². The second-order valence-corrected chi connectivity index (χ2v) is 4.43. The molecule has 2 aliphatic rings. The van der Waals surface area contributed by atoms with E-state index in [9.17, 15) is 4.79 Å². The summed E-state index contributed by atoms with van der Waals surface area (Å²) in [4.78, 5) is 13.8. The van der Waals surface area contributed by atoms with E-state index in [1.165, 1.54) is 12.8 Å². The number of carbonyl (C=O) groups is 1. The van der Waals surface area contributed by atoms with Crippen molar-refractivity contribution < 1.29 is 4.79 Å². The van der Waals surface area contributed by atoms with E-state index >= 15 is 0 Å². The number of hydrogen-bond acceptors (Lipinski definition) is 2. The van der Waals surface area contributed by atoms with E-state index < -0.39 is 6.04 Å². The van der Waals surface area contributed by atoms with Crippen LogP contribution >= 0.6 is 0 Å². The first kappa shape index (κ1) is 8.92. The van der Waals surface area contributed by atoms with Crippen LogP contribution in [0.3, 0.4) is 0 Å². The van der Waals surface area contributed by atoms with Crippen molar-refractivity contribution in [1.29, 1.82) is 0 Å². The Balaban J connectivity index is 1.97. The molecule has 2 N–H and O–H groups in total. The fourth-order valence-corrected chi connectivity index (χ4v) is 2.16. The monoisotopic (exact) mass is 202 g/mol. The molecule has 3 nitrogen and oxygen atoms in total. The Morgan fingerprint density at radius 2 is 2.07 bits per heavy atom. The molecule has 0 bridgehead atoms. The van der Waals surface area contributed by atoms with E-state index in [0.717, 1.165) is 17.8 Å². The largest absolute Gasteiger partial charge is 0.316 e. The minimum atomic E-state index is -0.444. The predicted molar refractivity (Wildman–Crippen MR) is 58.4 cm³/mol. The number of nitrogens with zero attached hydrogens (tertiary/aromatic N) is 1. The number of benzene rings is 1. The fourth-order valence-electron chi connectivity index (χ4n) is 2.16. The Morgan fingerprint density at radius 1 is 1.33 bits per heavy atom. The Hall–Kier alpha value is -1.35. The third kappa shape index (κ3) is 1.35. The molecule has 0 spiro atoms. The minimum Gasteiger partial charge on any atom is -0.316 e. The molecule has 1 heterocycles. The van der Waals surface area contributed by atoms with Gasteiger partial charge in [0.1, 0.15) is 6.04 Å². The molecule has 0 radical (unpaired) electrons. The Bertz CT molecular complexity index is 412. The number of amides is 1. The minimum absolute atomic E-state index is 0.0584. The average molecular weight is 202 g/mol. The van der Waals surface area contributed by atoms with Crippen molar-refractivity contribution in [2.75, 3.05) is 11.4 Å². The second-order valence-electron chi connectivity index (χ2n) is 4.43. The molecule has 15 heavy (non-hydrogen) atoms. The van der Waals surface area contributed by atoms with Crippen LogP contribution in [-0.2, 0) is 4.79 Å². The van der Waals surface area contributed by atoms with Gasteiger partial charge in [0.05, 0.1) is 0 Å². The van der Waals surface area contributed by atoms with Crippen molar-refractivity contribution in [1.82, 2.24) is 0 Å². The third-order valence-electron chi connectivity index (χ3n) is 3.23. The standard InChI is InChI=1S/C12H14N2O/c13-11-9-3-1-2-4-10(9)14(12(11)15)7-8-5-6-8/h1-4,8,11H,5-7,13H2. The Labute approximate surface area is 88.9 Å². The van der Waals surface area contributed by atoms with Gasteiger partial charge in [0, 0.05) is 17.8 Å². The third-order valence-corrected chi connectivity index (χ3v) is 3.23. The maximum absolute atomic E-state index is 11.9. The summed E-state index contributed by atoms with van der Waals surface area (Å²) in [6.45, 7) is 0.851. The van der Waals surface area contributed by atoms with Gasteiger partial charge in [0.2, 0.25) is 5.91 Å². The van der Waals surface area contributed by atoms with Gasteiger partial charge in [0.15, 0.2) is 0 Å². The zero-order valence-corrected chi connectivity index (χ0v) is 8.52. The summed E-state index contributed by atoms with van der Waals surface area (Å²) in [7, 11) is 0. The van der Waals surface area contributed by atoms with Crippen LogP contribution in [0, 0.1) is 5.92 Å². The van der Waals surface area contributed by atoms with Gasteiger partial charge < -0.3 is 10.6 Å². The molecule has 3 rings (SSSR count). The van der Waals surface area contributed by atoms with Crippen LogP contribution in [0.5, 0.6) is 0 Å². The number of fused-ring (bicyclic) bond motifs is 1. The number of para-hydroxylation sites is 1. The van der Waals surface area contributed by atoms with Crippen LogP contribution in [-0.4, -0.2) is 12.5 Å². The molecule has 1 saturated carbocycles. The van der Waals surface area contributed by atoms with Crippen molar-refractivity contribution in [3.05, 3.63) is 29.8 Å². The number of carbonyl (C=O) groups excluding carboxylic acids is 1. The number of nitrogens with two attached hydrogens (primary N) is 1. The predicted octanol–water partition coefficient (Wildman–Crippen LogP) is 1.44. The van der Waals surface area contributed by atoms with Gasteiger partial charge in [-0.25, -0.2) is 0 Å². The Kier molecular flexibility index (Phi) is 1.83. The number of hydrogen-bond donors (Lipinski definition) is 1. The lowest BCUT2D eigenvalue weighted by Crippen LogP contribution is -2.33. The quantitative estimate of drug-likeness (QED) is 0.788. The van der Waals surface area contributed by atoms with Gasteiger partial charge in [-0.15, -0.1) is 0 Å². The van der Waals surface area contributed by atoms with Gasteiger partial charge in [0.25, 0.3) is 0 Å². The first-order valence-corrected chi connectivity index (χ1v) is 5.43. The van der Waals surface area contributed by atoms with E-state index in [2.05, 4.69) is 0 Å². The van der Waals surface area contributed by atoms with Gasteiger partial charge in [-0.1, -0.05) is 18.2 Å². The highest BCUT2D eigenvalue weighted by molar-refractivity contribution is 6.04. The first-order chi connectivity index (χ1) is 7.27. The molecule has 1 amide bonds. The molecule has 1 fully saturated rings. The lowest BCUT2D eigenvalue weighted by atomic mass is 10.1. The number of anilines is 1. The average Bonchev–Trinajstić information content (AvgIpc) is 3.04. The molecule has 1 atom stereocenters. The molecule has 1 unspecified atom stereocenters. The molecule has 0 saturated heterocycles. The SMILES string of the molecule is NC1C(=O)N(CC2CC2)c2ccccc21. The van der Waals surface area contributed by atoms with Crippen LogP contribution in [0.2, 0.25) is 0 Å². The van der Waals surface area contributed by atoms with E-state index in [1.807, 2.05) is 29.2 Å². The van der Waals surface area contributed by atoms with Crippen molar-refractivity contribution in [2.45, 2.75) is 18.9 Å². The summed E-state index contributed by atoms with van der Waals surface area (Å²) in [6.07, 6.45) is 2.50. The fraction of sp³-hybridized carbons (Fsp3) is 0.417. The molecule has 1 aromatic carbocycles. The molecular formula is C12H14N2O. The summed E-state index contributed by atoms with van der Waals surface area (Å²) in [6, 6.07) is 7.39. The van der Waals surface area contributed by atoms with Gasteiger partial charge >= 0.3 is 0 Å². The van der Waals surface area contributed by atoms with Crippen LogP contribution in [0.25, 0.3) is 0 Å². The summed E-state index contributed by atoms with van der Waals surface area (Å²) in [5.41, 5.74) is 7.88. The highest BCUT2D eigenvalue weighted by atomic mass is 16.2. The van der Waals surface area contributed by atoms with E-state index in [4.69, 9.17) is 5.73 Å².